The highest BCUT2D eigenvalue weighted by atomic mass is 19.3. The van der Waals surface area contributed by atoms with Crippen LogP contribution in [0.5, 0.6) is 0 Å². The molecule has 0 spiro atoms. The quantitative estimate of drug-likeness (QED) is 0.781. The van der Waals surface area contributed by atoms with Gasteiger partial charge in [-0.2, -0.15) is 0 Å². The van der Waals surface area contributed by atoms with Crippen LogP contribution < -0.4 is 11.1 Å². The zero-order chi connectivity index (χ0) is 20.5. The van der Waals surface area contributed by atoms with Crippen molar-refractivity contribution in [3.05, 3.63) is 59.4 Å². The van der Waals surface area contributed by atoms with E-state index in [-0.39, 0.29) is 18.1 Å². The summed E-state index contributed by atoms with van der Waals surface area (Å²) in [5.41, 5.74) is 2.19. The van der Waals surface area contributed by atoms with Crippen LogP contribution >= 0.6 is 0 Å². The Kier molecular flexibility index (Phi) is 5.07. The first-order valence-electron chi connectivity index (χ1n) is 8.16. The largest absolute Gasteiger partial charge is 0.385 e. The monoisotopic (exact) mass is 396 g/mol. The fourth-order valence-corrected chi connectivity index (χ4v) is 2.80. The molecule has 3 N–H and O–H groups in total. The maximum absolute atomic E-state index is 14.7. The Balaban J connectivity index is 2.01. The number of halogens is 4. The molecular formula is C18H16F4N4O2. The molecule has 1 aliphatic rings. The lowest BCUT2D eigenvalue weighted by Gasteiger charge is -2.33. The van der Waals surface area contributed by atoms with Crippen molar-refractivity contribution in [1.29, 1.82) is 0 Å². The molecule has 0 fully saturated rings. The Morgan fingerprint density at radius 2 is 2.00 bits per heavy atom. The van der Waals surface area contributed by atoms with E-state index in [9.17, 15) is 22.4 Å². The number of nitrogens with one attached hydrogen (secondary N) is 1. The van der Waals surface area contributed by atoms with Crippen LogP contribution in [-0.2, 0) is 10.3 Å². The molecule has 3 rings (SSSR count). The molecule has 10 heteroatoms. The third-order valence-electron chi connectivity index (χ3n) is 4.33. The van der Waals surface area contributed by atoms with E-state index in [0.29, 0.717) is 0 Å². The summed E-state index contributed by atoms with van der Waals surface area (Å²) >= 11 is 0. The second kappa shape index (κ2) is 7.19. The Hall–Kier alpha value is -3.01. The van der Waals surface area contributed by atoms with E-state index >= 15 is 0 Å². The van der Waals surface area contributed by atoms with Gasteiger partial charge in [0.15, 0.2) is 17.1 Å². The minimum atomic E-state index is -3.58. The maximum Gasteiger partial charge on any atom is 0.299 e. The van der Waals surface area contributed by atoms with Crippen molar-refractivity contribution < 1.29 is 27.1 Å². The highest BCUT2D eigenvalue weighted by Gasteiger charge is 2.54. The molecule has 1 amide bonds. The summed E-state index contributed by atoms with van der Waals surface area (Å²) in [5, 5.41) is 2.31. The number of hydrogen-bond donors (Lipinski definition) is 2. The molecule has 1 aliphatic heterocycles. The van der Waals surface area contributed by atoms with E-state index in [1.807, 2.05) is 0 Å². The summed E-state index contributed by atoms with van der Waals surface area (Å²) in [6, 6.07) is 5.41. The lowest BCUT2D eigenvalue weighted by atomic mass is 9.85. The first kappa shape index (κ1) is 19.7. The van der Waals surface area contributed by atoms with Gasteiger partial charge in [-0.3, -0.25) is 9.79 Å². The van der Waals surface area contributed by atoms with E-state index in [2.05, 4.69) is 15.3 Å². The average Bonchev–Trinajstić information content (AvgIpc) is 2.72. The predicted molar refractivity (Wildman–Crippen MR) is 93.3 cm³/mol. The molecule has 0 unspecified atom stereocenters. The Morgan fingerprint density at radius 3 is 2.71 bits per heavy atom. The van der Waals surface area contributed by atoms with E-state index in [1.165, 1.54) is 12.3 Å². The number of rotatable bonds is 3. The smallest absolute Gasteiger partial charge is 0.299 e. The molecule has 0 saturated heterocycles. The predicted octanol–water partition coefficient (Wildman–Crippen LogP) is 2.85. The summed E-state index contributed by atoms with van der Waals surface area (Å²) in [6.07, 6.45) is 1.22. The van der Waals surface area contributed by atoms with Gasteiger partial charge >= 0.3 is 0 Å². The highest BCUT2D eigenvalue weighted by molar-refractivity contribution is 6.03. The van der Waals surface area contributed by atoms with Crippen molar-refractivity contribution in [2.24, 2.45) is 10.7 Å². The third kappa shape index (κ3) is 3.55. The summed E-state index contributed by atoms with van der Waals surface area (Å²) < 4.78 is 62.3. The summed E-state index contributed by atoms with van der Waals surface area (Å²) in [5.74, 6) is -6.55. The molecule has 0 bridgehead atoms. The zero-order valence-corrected chi connectivity index (χ0v) is 14.7. The number of nitrogens with zero attached hydrogens (tertiary/aromatic N) is 2. The van der Waals surface area contributed by atoms with Crippen molar-refractivity contribution in [3.8, 4) is 0 Å². The average molecular weight is 396 g/mol. The number of anilines is 1. The van der Waals surface area contributed by atoms with Crippen molar-refractivity contribution in [2.75, 3.05) is 18.5 Å². The fraction of sp³-hybridized carbons (Fsp3) is 0.278. The van der Waals surface area contributed by atoms with Crippen LogP contribution in [0, 0.1) is 11.6 Å². The summed E-state index contributed by atoms with van der Waals surface area (Å²) in [6.45, 7) is -0.304. The first-order valence-corrected chi connectivity index (χ1v) is 8.16. The maximum atomic E-state index is 14.7. The SMILES string of the molecule is C[C@]1(c2cc(NC(=O)c3ncccc3F)ccc2F)N=C(N)COCC1(F)F. The lowest BCUT2D eigenvalue weighted by molar-refractivity contribution is -0.116. The molecule has 0 radical (unpaired) electrons. The molecule has 2 aromatic rings. The molecular weight excluding hydrogens is 380 g/mol. The van der Waals surface area contributed by atoms with Gasteiger partial charge in [0, 0.05) is 17.4 Å². The number of aromatic nitrogens is 1. The van der Waals surface area contributed by atoms with Crippen LogP contribution in [0.2, 0.25) is 0 Å². The fourth-order valence-electron chi connectivity index (χ4n) is 2.80. The number of ether oxygens (including phenoxy) is 1. The van der Waals surface area contributed by atoms with Gasteiger partial charge < -0.3 is 15.8 Å². The van der Waals surface area contributed by atoms with Gasteiger partial charge in [-0.05, 0) is 37.3 Å². The number of hydrogen-bond acceptors (Lipinski definition) is 5. The minimum Gasteiger partial charge on any atom is -0.385 e. The summed E-state index contributed by atoms with van der Waals surface area (Å²) in [4.78, 5) is 19.6. The number of carbonyl (C=O) groups is 1. The van der Waals surface area contributed by atoms with E-state index in [1.54, 1.807) is 0 Å². The van der Waals surface area contributed by atoms with Gasteiger partial charge in [0.05, 0.1) is 0 Å². The Morgan fingerprint density at radius 1 is 1.25 bits per heavy atom. The zero-order valence-electron chi connectivity index (χ0n) is 14.7. The van der Waals surface area contributed by atoms with Crippen LogP contribution in [0.15, 0.2) is 41.5 Å². The molecule has 0 aliphatic carbocycles. The molecule has 28 heavy (non-hydrogen) atoms. The lowest BCUT2D eigenvalue weighted by Crippen LogP contribution is -2.45. The Labute approximate surface area is 157 Å². The van der Waals surface area contributed by atoms with E-state index < -0.39 is 46.9 Å². The number of nitrogens with two attached hydrogens (primary N) is 1. The van der Waals surface area contributed by atoms with Gasteiger partial charge in [-0.25, -0.2) is 22.5 Å². The van der Waals surface area contributed by atoms with E-state index in [4.69, 9.17) is 10.5 Å². The number of amides is 1. The van der Waals surface area contributed by atoms with Crippen molar-refractivity contribution in [2.45, 2.75) is 18.4 Å². The third-order valence-corrected chi connectivity index (χ3v) is 4.33. The van der Waals surface area contributed by atoms with Crippen LogP contribution in [-0.4, -0.2) is 35.9 Å². The number of amidine groups is 1. The normalized spacial score (nSPS) is 21.5. The molecule has 1 aromatic carbocycles. The number of pyridine rings is 1. The van der Waals surface area contributed by atoms with Crippen LogP contribution in [0.4, 0.5) is 23.2 Å². The number of benzene rings is 1. The standard InChI is InChI=1S/C18H16F4N4O2/c1-17(18(21,22)9-28-8-14(23)26-17)11-7-10(4-5-12(11)19)25-16(27)15-13(20)3-2-6-24-15/h2-7H,8-9H2,1H3,(H2,23,26)(H,25,27)/t17-/m1/s1. The molecule has 2 heterocycles. The molecule has 0 saturated carbocycles. The number of aliphatic imine (C=N–C) groups is 1. The highest BCUT2D eigenvalue weighted by Crippen LogP contribution is 2.44. The summed E-state index contributed by atoms with van der Waals surface area (Å²) in [7, 11) is 0. The Bertz CT molecular complexity index is 951. The topological polar surface area (TPSA) is 89.6 Å². The molecule has 1 aromatic heterocycles. The van der Waals surface area contributed by atoms with Crippen molar-refractivity contribution in [3.63, 3.8) is 0 Å². The minimum absolute atomic E-state index is 0.0394. The second-order valence-corrected chi connectivity index (χ2v) is 6.36. The van der Waals surface area contributed by atoms with Crippen molar-refractivity contribution in [1.82, 2.24) is 4.98 Å². The van der Waals surface area contributed by atoms with Gasteiger partial charge in [0.2, 0.25) is 0 Å². The molecule has 6 nitrogen and oxygen atoms in total. The van der Waals surface area contributed by atoms with Gasteiger partial charge in [0.1, 0.15) is 24.9 Å². The van der Waals surface area contributed by atoms with Crippen LogP contribution in [0.1, 0.15) is 23.0 Å². The second-order valence-electron chi connectivity index (χ2n) is 6.36. The van der Waals surface area contributed by atoms with Crippen LogP contribution in [0.3, 0.4) is 0 Å². The van der Waals surface area contributed by atoms with Crippen LogP contribution in [0.25, 0.3) is 0 Å². The molecule has 1 atom stereocenters. The van der Waals surface area contributed by atoms with Gasteiger partial charge in [-0.1, -0.05) is 0 Å². The number of alkyl halides is 2. The number of carbonyl (C=O) groups excluding carboxylic acids is 1. The first-order chi connectivity index (χ1) is 13.1. The van der Waals surface area contributed by atoms with Gasteiger partial charge in [-0.15, -0.1) is 0 Å². The van der Waals surface area contributed by atoms with Gasteiger partial charge in [0.25, 0.3) is 11.8 Å². The van der Waals surface area contributed by atoms with Crippen molar-refractivity contribution >= 4 is 17.4 Å². The molecule has 148 valence electrons. The van der Waals surface area contributed by atoms with E-state index in [0.717, 1.165) is 31.2 Å².